The molecule has 0 fully saturated rings. The van der Waals surface area contributed by atoms with Crippen LogP contribution in [0.2, 0.25) is 0 Å². The number of pyridine rings is 2. The first kappa shape index (κ1) is 16.0. The Labute approximate surface area is 151 Å². The molecule has 0 saturated carbocycles. The van der Waals surface area contributed by atoms with Crippen molar-refractivity contribution in [2.45, 2.75) is 6.92 Å². The quantitative estimate of drug-likeness (QED) is 0.522. The van der Waals surface area contributed by atoms with E-state index in [2.05, 4.69) is 40.4 Å². The number of aromatic nitrogens is 2. The van der Waals surface area contributed by atoms with Gasteiger partial charge in [0, 0.05) is 29.0 Å². The van der Waals surface area contributed by atoms with Gasteiger partial charge in [0.1, 0.15) is 5.52 Å². The van der Waals surface area contributed by atoms with Crippen molar-refractivity contribution < 1.29 is 4.79 Å². The molecule has 4 aromatic rings. The topological polar surface area (TPSA) is 54.9 Å². The zero-order valence-corrected chi connectivity index (χ0v) is 14.3. The summed E-state index contributed by atoms with van der Waals surface area (Å²) in [7, 11) is 0. The number of carbonyl (C=O) groups is 1. The molecule has 0 aliphatic carbocycles. The van der Waals surface area contributed by atoms with E-state index in [0.717, 1.165) is 28.4 Å². The van der Waals surface area contributed by atoms with Gasteiger partial charge in [0.05, 0.1) is 0 Å². The SMILES string of the molecule is Cc1c(Nc2nccc3cc(C=O)cnc23)cccc1-c1ccccc1. The highest BCUT2D eigenvalue weighted by atomic mass is 16.1. The number of rotatable bonds is 4. The van der Waals surface area contributed by atoms with Crippen LogP contribution in [-0.2, 0) is 0 Å². The highest BCUT2D eigenvalue weighted by Crippen LogP contribution is 2.31. The number of nitrogens with zero attached hydrogens (tertiary/aromatic N) is 2. The van der Waals surface area contributed by atoms with Crippen molar-refractivity contribution in [1.29, 1.82) is 0 Å². The van der Waals surface area contributed by atoms with Gasteiger partial charge >= 0.3 is 0 Å². The minimum atomic E-state index is 0.553. The fourth-order valence-corrected chi connectivity index (χ4v) is 3.06. The van der Waals surface area contributed by atoms with Gasteiger partial charge in [-0.15, -0.1) is 0 Å². The molecule has 4 nitrogen and oxygen atoms in total. The Morgan fingerprint density at radius 3 is 2.62 bits per heavy atom. The summed E-state index contributed by atoms with van der Waals surface area (Å²) in [6.45, 7) is 2.09. The van der Waals surface area contributed by atoms with Crippen LogP contribution in [0, 0.1) is 6.92 Å². The summed E-state index contributed by atoms with van der Waals surface area (Å²) < 4.78 is 0. The molecular formula is C22H17N3O. The molecule has 2 aromatic heterocycles. The number of hydrogen-bond acceptors (Lipinski definition) is 4. The van der Waals surface area contributed by atoms with E-state index in [4.69, 9.17) is 0 Å². The summed E-state index contributed by atoms with van der Waals surface area (Å²) in [4.78, 5) is 19.8. The number of anilines is 2. The van der Waals surface area contributed by atoms with Crippen LogP contribution in [-0.4, -0.2) is 16.3 Å². The van der Waals surface area contributed by atoms with Gasteiger partial charge in [-0.1, -0.05) is 42.5 Å². The zero-order valence-electron chi connectivity index (χ0n) is 14.3. The molecule has 0 amide bonds. The Hall–Kier alpha value is -3.53. The van der Waals surface area contributed by atoms with Crippen LogP contribution in [0.4, 0.5) is 11.5 Å². The molecule has 4 rings (SSSR count). The summed E-state index contributed by atoms with van der Waals surface area (Å²) in [5.74, 6) is 0.674. The minimum absolute atomic E-state index is 0.553. The fraction of sp³-hybridized carbons (Fsp3) is 0.0455. The number of benzene rings is 2. The molecule has 0 radical (unpaired) electrons. The Kier molecular flexibility index (Phi) is 4.15. The second-order valence-electron chi connectivity index (χ2n) is 6.09. The number of carbonyl (C=O) groups excluding carboxylic acids is 1. The molecule has 0 aliphatic rings. The molecule has 2 aromatic carbocycles. The minimum Gasteiger partial charge on any atom is -0.338 e. The number of nitrogens with one attached hydrogen (secondary N) is 1. The number of fused-ring (bicyclic) bond motifs is 1. The maximum absolute atomic E-state index is 11.0. The molecule has 0 spiro atoms. The lowest BCUT2D eigenvalue weighted by Crippen LogP contribution is -1.99. The van der Waals surface area contributed by atoms with Crippen molar-refractivity contribution in [1.82, 2.24) is 9.97 Å². The van der Waals surface area contributed by atoms with Gasteiger partial charge in [-0.2, -0.15) is 0 Å². The monoisotopic (exact) mass is 339 g/mol. The van der Waals surface area contributed by atoms with E-state index in [1.165, 1.54) is 11.1 Å². The van der Waals surface area contributed by atoms with E-state index in [1.54, 1.807) is 12.4 Å². The van der Waals surface area contributed by atoms with Crippen molar-refractivity contribution in [2.24, 2.45) is 0 Å². The Balaban J connectivity index is 1.77. The standard InChI is InChI=1S/C22H17N3O/c1-15-19(17-6-3-2-4-7-17)8-5-9-20(15)25-22-21-18(10-11-23-22)12-16(14-26)13-24-21/h2-14H,1H3,(H,23,25). The summed E-state index contributed by atoms with van der Waals surface area (Å²) in [6.07, 6.45) is 4.08. The molecule has 0 aliphatic heterocycles. The van der Waals surface area contributed by atoms with Crippen LogP contribution in [0.3, 0.4) is 0 Å². The molecule has 4 heteroatoms. The first-order valence-corrected chi connectivity index (χ1v) is 8.38. The predicted octanol–water partition coefficient (Wildman–Crippen LogP) is 5.16. The average Bonchev–Trinajstić information content (AvgIpc) is 2.70. The number of hydrogen-bond donors (Lipinski definition) is 1. The van der Waals surface area contributed by atoms with Crippen LogP contribution in [0.25, 0.3) is 22.0 Å². The fourth-order valence-electron chi connectivity index (χ4n) is 3.06. The van der Waals surface area contributed by atoms with Crippen molar-refractivity contribution in [3.8, 4) is 11.1 Å². The third-order valence-electron chi connectivity index (χ3n) is 4.43. The molecule has 0 unspecified atom stereocenters. The van der Waals surface area contributed by atoms with Crippen molar-refractivity contribution in [3.63, 3.8) is 0 Å². The maximum Gasteiger partial charge on any atom is 0.156 e. The summed E-state index contributed by atoms with van der Waals surface area (Å²) >= 11 is 0. The molecule has 0 atom stereocenters. The third kappa shape index (κ3) is 2.93. The van der Waals surface area contributed by atoms with Gasteiger partial charge in [-0.3, -0.25) is 9.78 Å². The van der Waals surface area contributed by atoms with Crippen LogP contribution in [0.1, 0.15) is 15.9 Å². The summed E-state index contributed by atoms with van der Waals surface area (Å²) in [5, 5.41) is 4.28. The normalized spacial score (nSPS) is 10.7. The Bertz CT molecular complexity index is 1090. The summed E-state index contributed by atoms with van der Waals surface area (Å²) in [5.41, 5.74) is 5.76. The van der Waals surface area contributed by atoms with E-state index < -0.39 is 0 Å². The predicted molar refractivity (Wildman–Crippen MR) is 105 cm³/mol. The first-order chi connectivity index (χ1) is 12.8. The Morgan fingerprint density at radius 2 is 1.81 bits per heavy atom. The molecule has 126 valence electrons. The second kappa shape index (κ2) is 6.76. The van der Waals surface area contributed by atoms with Crippen molar-refractivity contribution in [2.75, 3.05) is 5.32 Å². The lowest BCUT2D eigenvalue weighted by Gasteiger charge is -2.14. The van der Waals surface area contributed by atoms with Crippen LogP contribution in [0.5, 0.6) is 0 Å². The Morgan fingerprint density at radius 1 is 0.962 bits per heavy atom. The van der Waals surface area contributed by atoms with E-state index in [1.807, 2.05) is 42.5 Å². The third-order valence-corrected chi connectivity index (χ3v) is 4.43. The van der Waals surface area contributed by atoms with Gasteiger partial charge in [0.25, 0.3) is 0 Å². The maximum atomic E-state index is 11.0. The van der Waals surface area contributed by atoms with E-state index in [9.17, 15) is 4.79 Å². The lowest BCUT2D eigenvalue weighted by atomic mass is 9.99. The lowest BCUT2D eigenvalue weighted by molar-refractivity contribution is 0.112. The van der Waals surface area contributed by atoms with Gasteiger partial charge < -0.3 is 5.32 Å². The van der Waals surface area contributed by atoms with Crippen LogP contribution < -0.4 is 5.32 Å². The van der Waals surface area contributed by atoms with Gasteiger partial charge in [-0.05, 0) is 41.8 Å². The van der Waals surface area contributed by atoms with Crippen molar-refractivity contribution in [3.05, 3.63) is 84.2 Å². The number of aldehydes is 1. The second-order valence-corrected chi connectivity index (χ2v) is 6.09. The highest BCUT2D eigenvalue weighted by Gasteiger charge is 2.09. The van der Waals surface area contributed by atoms with Gasteiger partial charge in [0.15, 0.2) is 12.1 Å². The van der Waals surface area contributed by atoms with Gasteiger partial charge in [-0.25, -0.2) is 4.98 Å². The molecule has 1 N–H and O–H groups in total. The largest absolute Gasteiger partial charge is 0.338 e. The van der Waals surface area contributed by atoms with Crippen LogP contribution in [0.15, 0.2) is 73.1 Å². The van der Waals surface area contributed by atoms with Crippen LogP contribution >= 0.6 is 0 Å². The smallest absolute Gasteiger partial charge is 0.156 e. The molecule has 0 bridgehead atoms. The zero-order chi connectivity index (χ0) is 17.9. The average molecular weight is 339 g/mol. The van der Waals surface area contributed by atoms with Gasteiger partial charge in [0.2, 0.25) is 0 Å². The molecular weight excluding hydrogens is 322 g/mol. The van der Waals surface area contributed by atoms with E-state index in [0.29, 0.717) is 11.4 Å². The molecule has 2 heterocycles. The van der Waals surface area contributed by atoms with E-state index in [-0.39, 0.29) is 0 Å². The van der Waals surface area contributed by atoms with E-state index >= 15 is 0 Å². The molecule has 26 heavy (non-hydrogen) atoms. The molecule has 0 saturated heterocycles. The highest BCUT2D eigenvalue weighted by molar-refractivity contribution is 5.93. The first-order valence-electron chi connectivity index (χ1n) is 8.38. The summed E-state index contributed by atoms with van der Waals surface area (Å²) in [6, 6.07) is 20.1. The van der Waals surface area contributed by atoms with Crippen molar-refractivity contribution >= 4 is 28.7 Å².